The predicted molar refractivity (Wildman–Crippen MR) is 86.4 cm³/mol. The molecule has 1 aliphatic rings. The minimum Gasteiger partial charge on any atom is -0.0750 e. The molecule has 2 aromatic carbocycles. The molecule has 0 saturated heterocycles. The Hall–Kier alpha value is -1.82. The summed E-state index contributed by atoms with van der Waals surface area (Å²) in [4.78, 5) is 0. The van der Waals surface area contributed by atoms with E-state index in [-0.39, 0.29) is 5.41 Å². The van der Waals surface area contributed by atoms with E-state index in [1.165, 1.54) is 21.2 Å². The maximum atomic E-state index is 2.34. The Kier molecular flexibility index (Phi) is 3.90. The van der Waals surface area contributed by atoms with E-state index in [1.54, 1.807) is 0 Å². The molecule has 0 nitrogen and oxygen atoms in total. The summed E-state index contributed by atoms with van der Waals surface area (Å²) in [6.45, 7) is 8.48. The van der Waals surface area contributed by atoms with Crippen molar-refractivity contribution in [3.8, 4) is 0 Å². The molecule has 0 aliphatic heterocycles. The van der Waals surface area contributed by atoms with Gasteiger partial charge in [0.2, 0.25) is 0 Å². The Balaban J connectivity index is 0.000000637. The van der Waals surface area contributed by atoms with Gasteiger partial charge in [0.05, 0.1) is 0 Å². The van der Waals surface area contributed by atoms with E-state index in [0.717, 1.165) is 0 Å². The lowest BCUT2D eigenvalue weighted by atomic mass is 9.92. The van der Waals surface area contributed by atoms with Crippen molar-refractivity contribution in [3.63, 3.8) is 0 Å². The van der Waals surface area contributed by atoms with Crippen LogP contribution in [0, 0.1) is 5.41 Å². The number of fused-ring (bicyclic) bond motifs is 2. The standard InChI is InChI=1S/C17H16.C2H6/c1-17(2)9-5-8-15-10-13-6-3-4-7-14(13)11-16(15)12-17;1-2/h3-12H,1-2H3;1-2H3. The zero-order valence-electron chi connectivity index (χ0n) is 12.3. The van der Waals surface area contributed by atoms with Crippen LogP contribution >= 0.6 is 0 Å². The first-order valence-electron chi connectivity index (χ1n) is 7.05. The minimum atomic E-state index is 0.129. The van der Waals surface area contributed by atoms with Gasteiger partial charge in [-0.2, -0.15) is 0 Å². The van der Waals surface area contributed by atoms with Crippen LogP contribution in [-0.2, 0) is 0 Å². The molecule has 0 unspecified atom stereocenters. The molecule has 0 heteroatoms. The van der Waals surface area contributed by atoms with Gasteiger partial charge in [0, 0.05) is 5.41 Å². The van der Waals surface area contributed by atoms with Crippen LogP contribution in [0.4, 0.5) is 0 Å². The number of hydrogen-bond donors (Lipinski definition) is 0. The average Bonchev–Trinajstić information content (AvgIpc) is 2.55. The molecule has 0 radical (unpaired) electrons. The second-order valence-electron chi connectivity index (χ2n) is 5.32. The molecule has 98 valence electrons. The van der Waals surface area contributed by atoms with Crippen molar-refractivity contribution in [2.45, 2.75) is 27.7 Å². The second kappa shape index (κ2) is 5.44. The third kappa shape index (κ3) is 2.96. The van der Waals surface area contributed by atoms with Crippen LogP contribution in [0.5, 0.6) is 0 Å². The van der Waals surface area contributed by atoms with Gasteiger partial charge in [-0.1, -0.05) is 76.3 Å². The summed E-state index contributed by atoms with van der Waals surface area (Å²) in [5.41, 5.74) is 0.129. The van der Waals surface area contributed by atoms with Gasteiger partial charge in [-0.05, 0) is 33.3 Å². The number of benzene rings is 2. The monoisotopic (exact) mass is 250 g/mol. The number of rotatable bonds is 0. The fraction of sp³-hybridized carbons (Fsp3) is 0.263. The fourth-order valence-corrected chi connectivity index (χ4v) is 2.39. The van der Waals surface area contributed by atoms with E-state index in [9.17, 15) is 0 Å². The third-order valence-electron chi connectivity index (χ3n) is 3.28. The Morgan fingerprint density at radius 3 is 2.05 bits per heavy atom. The summed E-state index contributed by atoms with van der Waals surface area (Å²) in [6, 6.07) is 13.1. The number of allylic oxidation sites excluding steroid dienone is 2. The maximum absolute atomic E-state index is 2.34. The van der Waals surface area contributed by atoms with Crippen molar-refractivity contribution in [2.75, 3.05) is 0 Å². The molecule has 0 saturated carbocycles. The van der Waals surface area contributed by atoms with Gasteiger partial charge >= 0.3 is 0 Å². The summed E-state index contributed by atoms with van der Waals surface area (Å²) in [5, 5.41) is 5.27. The molecule has 2 aromatic rings. The lowest BCUT2D eigenvalue weighted by molar-refractivity contribution is 0.671. The number of hydrogen-bond acceptors (Lipinski definition) is 0. The van der Waals surface area contributed by atoms with E-state index in [4.69, 9.17) is 0 Å². The fourth-order valence-electron chi connectivity index (χ4n) is 2.39. The molecule has 0 aromatic heterocycles. The predicted octanol–water partition coefficient (Wildman–Crippen LogP) is 4.02. The second-order valence-corrected chi connectivity index (χ2v) is 5.32. The smallest absolute Gasteiger partial charge is 0.00167 e. The molecule has 0 N–H and O–H groups in total. The lowest BCUT2D eigenvalue weighted by Crippen LogP contribution is -2.25. The first-order chi connectivity index (χ1) is 9.14. The van der Waals surface area contributed by atoms with Crippen LogP contribution in [-0.4, -0.2) is 0 Å². The van der Waals surface area contributed by atoms with Gasteiger partial charge in [0.25, 0.3) is 0 Å². The van der Waals surface area contributed by atoms with Gasteiger partial charge in [0.15, 0.2) is 0 Å². The molecule has 0 amide bonds. The van der Waals surface area contributed by atoms with Crippen molar-refractivity contribution in [3.05, 3.63) is 59.0 Å². The molecular formula is C19H22. The molecule has 0 atom stereocenters. The van der Waals surface area contributed by atoms with Gasteiger partial charge in [-0.15, -0.1) is 0 Å². The summed E-state index contributed by atoms with van der Waals surface area (Å²) >= 11 is 0. The lowest BCUT2D eigenvalue weighted by Gasteiger charge is -2.13. The van der Waals surface area contributed by atoms with E-state index in [0.29, 0.717) is 0 Å². The third-order valence-corrected chi connectivity index (χ3v) is 3.28. The van der Waals surface area contributed by atoms with Crippen molar-refractivity contribution >= 4 is 22.9 Å². The quantitative estimate of drug-likeness (QED) is 0.662. The Labute approximate surface area is 115 Å². The Bertz CT molecular complexity index is 715. The molecule has 19 heavy (non-hydrogen) atoms. The van der Waals surface area contributed by atoms with Crippen molar-refractivity contribution < 1.29 is 0 Å². The molecule has 3 rings (SSSR count). The summed E-state index contributed by atoms with van der Waals surface area (Å²) in [6.07, 6.45) is 8.95. The molecule has 0 bridgehead atoms. The van der Waals surface area contributed by atoms with Crippen molar-refractivity contribution in [1.29, 1.82) is 0 Å². The van der Waals surface area contributed by atoms with Crippen LogP contribution < -0.4 is 10.4 Å². The van der Waals surface area contributed by atoms with Gasteiger partial charge < -0.3 is 0 Å². The molecule has 0 spiro atoms. The normalized spacial score (nSPS) is 15.4. The summed E-state index contributed by atoms with van der Waals surface area (Å²) in [5.74, 6) is 0. The zero-order valence-corrected chi connectivity index (χ0v) is 12.3. The molecule has 0 heterocycles. The molecular weight excluding hydrogens is 228 g/mol. The van der Waals surface area contributed by atoms with Crippen LogP contribution in [0.2, 0.25) is 0 Å². The van der Waals surface area contributed by atoms with Crippen LogP contribution in [0.3, 0.4) is 0 Å². The maximum Gasteiger partial charge on any atom is 0.00167 e. The Morgan fingerprint density at radius 2 is 1.42 bits per heavy atom. The van der Waals surface area contributed by atoms with Crippen LogP contribution in [0.1, 0.15) is 27.7 Å². The summed E-state index contributed by atoms with van der Waals surface area (Å²) < 4.78 is 0. The van der Waals surface area contributed by atoms with Crippen molar-refractivity contribution in [2.24, 2.45) is 5.41 Å². The van der Waals surface area contributed by atoms with E-state index in [1.807, 2.05) is 13.8 Å². The first kappa shape index (κ1) is 13.6. The van der Waals surface area contributed by atoms with Crippen molar-refractivity contribution in [1.82, 2.24) is 0 Å². The molecule has 0 fully saturated rings. The Morgan fingerprint density at radius 1 is 0.842 bits per heavy atom. The first-order valence-corrected chi connectivity index (χ1v) is 7.05. The molecule has 1 aliphatic carbocycles. The van der Waals surface area contributed by atoms with E-state index >= 15 is 0 Å². The average molecular weight is 250 g/mol. The highest BCUT2D eigenvalue weighted by Gasteiger charge is 2.10. The topological polar surface area (TPSA) is 0 Å². The van der Waals surface area contributed by atoms with Gasteiger partial charge in [-0.25, -0.2) is 0 Å². The minimum absolute atomic E-state index is 0.129. The highest BCUT2D eigenvalue weighted by atomic mass is 14.1. The highest BCUT2D eigenvalue weighted by molar-refractivity contribution is 5.83. The highest BCUT2D eigenvalue weighted by Crippen LogP contribution is 2.20. The summed E-state index contributed by atoms with van der Waals surface area (Å²) in [7, 11) is 0. The van der Waals surface area contributed by atoms with E-state index < -0.39 is 0 Å². The van der Waals surface area contributed by atoms with Crippen LogP contribution in [0.25, 0.3) is 22.9 Å². The SMILES string of the molecule is CC.CC1(C)C=CC=c2cc3ccccc3cc2=C1. The van der Waals surface area contributed by atoms with Gasteiger partial charge in [-0.3, -0.25) is 0 Å². The zero-order chi connectivity index (χ0) is 13.9. The van der Waals surface area contributed by atoms with Crippen LogP contribution in [0.15, 0.2) is 48.6 Å². The largest absolute Gasteiger partial charge is 0.0750 e. The van der Waals surface area contributed by atoms with Gasteiger partial charge in [0.1, 0.15) is 0 Å². The van der Waals surface area contributed by atoms with E-state index in [2.05, 4.69) is 74.5 Å².